The first-order chi connectivity index (χ1) is 14.3. The van der Waals surface area contributed by atoms with Crippen LogP contribution in [0, 0.1) is 17.8 Å². The molecule has 4 nitrogen and oxygen atoms in total. The van der Waals surface area contributed by atoms with Crippen LogP contribution in [0.3, 0.4) is 0 Å². The third kappa shape index (κ3) is 8.27. The van der Waals surface area contributed by atoms with E-state index in [2.05, 4.69) is 37.9 Å². The molecule has 2 rings (SSSR count). The number of aliphatic hydroxyl groups excluding tert-OH is 2. The number of aryl methyl sites for hydroxylation is 1. The fourth-order valence-electron chi connectivity index (χ4n) is 4.02. The Morgan fingerprint density at radius 1 is 1.37 bits per heavy atom. The summed E-state index contributed by atoms with van der Waals surface area (Å²) in [5.41, 5.74) is 0. The summed E-state index contributed by atoms with van der Waals surface area (Å²) in [7, 11) is 5.94. The number of aliphatic hydroxyl groups is 2. The van der Waals surface area contributed by atoms with Gasteiger partial charge in [-0.05, 0) is 94.2 Å². The van der Waals surface area contributed by atoms with E-state index in [4.69, 9.17) is 13.0 Å². The molecule has 1 unspecified atom stereocenters. The molecule has 0 aromatic carbocycles. The van der Waals surface area contributed by atoms with Crippen molar-refractivity contribution in [2.45, 2.75) is 63.5 Å². The van der Waals surface area contributed by atoms with Gasteiger partial charge in [0, 0.05) is 15.8 Å². The van der Waals surface area contributed by atoms with Gasteiger partial charge in [-0.1, -0.05) is 30.6 Å². The number of thiophene rings is 1. The van der Waals surface area contributed by atoms with Gasteiger partial charge >= 0.3 is 5.97 Å². The van der Waals surface area contributed by atoms with E-state index in [0.717, 1.165) is 27.5 Å². The van der Waals surface area contributed by atoms with E-state index in [0.29, 0.717) is 25.6 Å². The number of halogens is 2. The minimum absolute atomic E-state index is 0.0712. The topological polar surface area (TPSA) is 77.8 Å². The number of carboxylic acid groups (broad SMARTS) is 1. The highest BCUT2D eigenvalue weighted by molar-refractivity contribution is 9.13. The first kappa shape index (κ1) is 25.9. The molecule has 0 saturated heterocycles. The van der Waals surface area contributed by atoms with E-state index in [9.17, 15) is 15.0 Å². The van der Waals surface area contributed by atoms with Gasteiger partial charge in [-0.25, -0.2) is 0 Å². The quantitative estimate of drug-likeness (QED) is 0.179. The Hall–Kier alpha value is -0.405. The zero-order chi connectivity index (χ0) is 22.1. The van der Waals surface area contributed by atoms with Gasteiger partial charge in [0.1, 0.15) is 0 Å². The molecule has 1 fully saturated rings. The molecule has 0 spiro atoms. The maximum Gasteiger partial charge on any atom is 0.303 e. The van der Waals surface area contributed by atoms with Crippen LogP contribution in [0.4, 0.5) is 0 Å². The van der Waals surface area contributed by atoms with Crippen molar-refractivity contribution >= 4 is 57.0 Å². The molecule has 3 N–H and O–H groups in total. The molecule has 0 bridgehead atoms. The summed E-state index contributed by atoms with van der Waals surface area (Å²) in [4.78, 5) is 11.8. The Balaban J connectivity index is 1.88. The molecule has 1 heterocycles. The van der Waals surface area contributed by atoms with Crippen LogP contribution in [0.25, 0.3) is 0 Å². The molecule has 1 saturated carbocycles. The fraction of sp³-hybridized carbons (Fsp3) is 0.591. The molecular weight excluding hydrogens is 531 g/mol. The summed E-state index contributed by atoms with van der Waals surface area (Å²) in [6.45, 7) is 0. The average Bonchev–Trinajstić information content (AvgIpc) is 3.19. The summed E-state index contributed by atoms with van der Waals surface area (Å²) in [5.74, 6) is -0.364. The molecule has 30 heavy (non-hydrogen) atoms. The predicted molar refractivity (Wildman–Crippen MR) is 130 cm³/mol. The number of hydrogen-bond acceptors (Lipinski definition) is 4. The van der Waals surface area contributed by atoms with Crippen LogP contribution >= 0.6 is 43.2 Å². The Morgan fingerprint density at radius 3 is 2.77 bits per heavy atom. The zero-order valence-corrected chi connectivity index (χ0v) is 20.9. The van der Waals surface area contributed by atoms with E-state index < -0.39 is 18.2 Å². The molecule has 0 amide bonds. The second-order valence-corrected chi connectivity index (χ2v) is 11.2. The number of rotatable bonds is 12. The number of allylic oxidation sites excluding steroid dienone is 3. The first-order valence-corrected chi connectivity index (χ1v) is 12.8. The molecule has 8 heteroatoms. The van der Waals surface area contributed by atoms with Gasteiger partial charge in [0.15, 0.2) is 0 Å². The van der Waals surface area contributed by atoms with Gasteiger partial charge in [0.2, 0.25) is 0 Å². The molecule has 5 atom stereocenters. The molecule has 164 valence electrons. The van der Waals surface area contributed by atoms with Gasteiger partial charge < -0.3 is 15.3 Å². The van der Waals surface area contributed by atoms with Crippen molar-refractivity contribution < 1.29 is 20.1 Å². The van der Waals surface area contributed by atoms with Gasteiger partial charge in [-0.3, -0.25) is 4.79 Å². The monoisotopic (exact) mass is 558 g/mol. The van der Waals surface area contributed by atoms with Crippen molar-refractivity contribution in [2.75, 3.05) is 0 Å². The average molecular weight is 560 g/mol. The van der Waals surface area contributed by atoms with E-state index in [-0.39, 0.29) is 24.2 Å². The number of carboxylic acids is 1. The summed E-state index contributed by atoms with van der Waals surface area (Å²) < 4.78 is 2.10. The van der Waals surface area contributed by atoms with Crippen molar-refractivity contribution in [3.05, 3.63) is 43.5 Å². The van der Waals surface area contributed by atoms with Crippen molar-refractivity contribution in [3.8, 4) is 0 Å². The van der Waals surface area contributed by atoms with E-state index >= 15 is 0 Å². The Kier molecular flexibility index (Phi) is 11.4. The maximum absolute atomic E-state index is 10.6. The third-order valence-corrected chi connectivity index (χ3v) is 8.97. The van der Waals surface area contributed by atoms with E-state index in [1.54, 1.807) is 11.3 Å². The van der Waals surface area contributed by atoms with Gasteiger partial charge in [0.25, 0.3) is 0 Å². The van der Waals surface area contributed by atoms with Crippen LogP contribution in [0.5, 0.6) is 0 Å². The van der Waals surface area contributed by atoms with Crippen LogP contribution < -0.4 is 0 Å². The smallest absolute Gasteiger partial charge is 0.303 e. The standard InChI is InChI=1S/C22H29BBr2O4S/c23-13-14-11-20(27)18(5-3-1-2-4-6-21(28)29)17(14)10-8-15(26)7-9-16-12-19(24)22(25)30-16/h1,3,8,10,12,14-15,17-18,20,26-27H,2,4-7,9,11,13H2,(H,28,29)/b3-1-,10-8+/t14-,15-,17-,18+,20?/m0/s1. The van der Waals surface area contributed by atoms with Gasteiger partial charge in [-0.2, -0.15) is 0 Å². The van der Waals surface area contributed by atoms with E-state index in [1.165, 1.54) is 4.88 Å². The van der Waals surface area contributed by atoms with Crippen molar-refractivity contribution in [3.63, 3.8) is 0 Å². The lowest BCUT2D eigenvalue weighted by Gasteiger charge is -2.21. The van der Waals surface area contributed by atoms with Crippen molar-refractivity contribution in [1.82, 2.24) is 0 Å². The van der Waals surface area contributed by atoms with Crippen molar-refractivity contribution in [1.29, 1.82) is 0 Å². The largest absolute Gasteiger partial charge is 0.481 e. The molecule has 1 aliphatic rings. The Bertz CT molecular complexity index is 717. The lowest BCUT2D eigenvalue weighted by atomic mass is 9.80. The summed E-state index contributed by atoms with van der Waals surface area (Å²) in [5, 5.41) is 29.6. The Labute approximate surface area is 201 Å². The SMILES string of the molecule is [B]C[C@@H]1CC(O)[C@H](C/C=C\CCCC(=O)O)[C@H]1/C=C/[C@@H](O)CCc1cc(Br)c(Br)s1. The highest BCUT2D eigenvalue weighted by atomic mass is 79.9. The molecule has 1 aromatic heterocycles. The van der Waals surface area contributed by atoms with Crippen LogP contribution in [0.1, 0.15) is 43.4 Å². The summed E-state index contributed by atoms with van der Waals surface area (Å²) >= 11 is 8.65. The number of unbranched alkanes of at least 4 members (excludes halogenated alkanes) is 1. The molecule has 1 aromatic rings. The highest BCUT2D eigenvalue weighted by Crippen LogP contribution is 2.42. The molecule has 0 aliphatic heterocycles. The van der Waals surface area contributed by atoms with Crippen LogP contribution in [0.15, 0.2) is 38.6 Å². The molecular formula is C22H29BBr2O4S. The second kappa shape index (κ2) is 13.2. The van der Waals surface area contributed by atoms with Gasteiger partial charge in [-0.15, -0.1) is 11.3 Å². The van der Waals surface area contributed by atoms with Gasteiger partial charge in [0.05, 0.1) is 23.8 Å². The summed E-state index contributed by atoms with van der Waals surface area (Å²) in [6.07, 6.45) is 11.9. The maximum atomic E-state index is 10.6. The highest BCUT2D eigenvalue weighted by Gasteiger charge is 2.39. The second-order valence-electron chi connectivity index (χ2n) is 7.86. The first-order valence-electron chi connectivity index (χ1n) is 10.4. The fourth-order valence-corrected chi connectivity index (χ4v) is 6.21. The minimum atomic E-state index is -0.775. The van der Waals surface area contributed by atoms with Crippen LogP contribution in [-0.2, 0) is 11.2 Å². The lowest BCUT2D eigenvalue weighted by Crippen LogP contribution is -2.19. The number of aliphatic carboxylic acids is 1. The lowest BCUT2D eigenvalue weighted by molar-refractivity contribution is -0.137. The number of hydrogen-bond donors (Lipinski definition) is 3. The molecule has 1 aliphatic carbocycles. The number of carbonyl (C=O) groups is 1. The van der Waals surface area contributed by atoms with E-state index in [1.807, 2.05) is 24.3 Å². The Morgan fingerprint density at radius 2 is 2.13 bits per heavy atom. The predicted octanol–water partition coefficient (Wildman–Crippen LogP) is 5.52. The zero-order valence-electron chi connectivity index (χ0n) is 16.9. The minimum Gasteiger partial charge on any atom is -0.481 e. The van der Waals surface area contributed by atoms with Crippen molar-refractivity contribution in [2.24, 2.45) is 17.8 Å². The third-order valence-electron chi connectivity index (χ3n) is 5.65. The summed E-state index contributed by atoms with van der Waals surface area (Å²) in [6, 6.07) is 2.07. The van der Waals surface area contributed by atoms with Crippen LogP contribution in [0.2, 0.25) is 6.32 Å². The molecule has 2 radical (unpaired) electrons. The normalized spacial score (nSPS) is 25.5. The van der Waals surface area contributed by atoms with Crippen LogP contribution in [-0.4, -0.2) is 41.3 Å².